The van der Waals surface area contributed by atoms with Crippen molar-refractivity contribution in [3.05, 3.63) is 0 Å². The van der Waals surface area contributed by atoms with Crippen molar-refractivity contribution in [2.45, 2.75) is 44.5 Å². The predicted molar refractivity (Wildman–Crippen MR) is 49.8 cm³/mol. The zero-order valence-electron chi connectivity index (χ0n) is 10.6. The van der Waals surface area contributed by atoms with Gasteiger partial charge in [0.05, 0.1) is 0 Å². The maximum absolute atomic E-state index is 13.3. The molecule has 0 N–H and O–H groups in total. The van der Waals surface area contributed by atoms with Crippen molar-refractivity contribution in [1.82, 2.24) is 4.90 Å². The molecule has 1 atom stereocenters. The fraction of sp³-hybridized carbons (Fsp3) is 1.00. The summed E-state index contributed by atoms with van der Waals surface area (Å²) in [6, 6.07) is -4.81. The fourth-order valence-electron chi connectivity index (χ4n) is 1.23. The second-order valence-electron chi connectivity index (χ2n) is 3.78. The molecule has 0 aliphatic rings. The molecule has 0 aromatic rings. The van der Waals surface area contributed by atoms with Crippen molar-refractivity contribution in [2.24, 2.45) is 0 Å². The molecule has 0 saturated carbocycles. The highest BCUT2D eigenvalue weighted by atomic mass is 19.4. The van der Waals surface area contributed by atoms with Gasteiger partial charge in [-0.25, -0.2) is 9.29 Å². The zero-order valence-corrected chi connectivity index (χ0v) is 10.6. The molecular formula is C9H11F10NO. The summed E-state index contributed by atoms with van der Waals surface area (Å²) in [5, 5.41) is 0. The molecule has 0 fully saturated rings. The Hall–Kier alpha value is -0.780. The molecule has 0 aliphatic carbocycles. The van der Waals surface area contributed by atoms with E-state index in [2.05, 4.69) is 4.74 Å². The van der Waals surface area contributed by atoms with Crippen molar-refractivity contribution >= 4 is 0 Å². The Bertz CT molecular complexity index is 338. The maximum atomic E-state index is 13.3. The van der Waals surface area contributed by atoms with Crippen LogP contribution >= 0.6 is 0 Å². The van der Waals surface area contributed by atoms with Crippen LogP contribution in [-0.2, 0) is 4.74 Å². The molecule has 21 heavy (non-hydrogen) atoms. The van der Waals surface area contributed by atoms with E-state index in [1.807, 2.05) is 0 Å². The summed E-state index contributed by atoms with van der Waals surface area (Å²) < 4.78 is 127. The number of rotatable bonds is 7. The van der Waals surface area contributed by atoms with Gasteiger partial charge in [-0.1, -0.05) is 13.8 Å². The van der Waals surface area contributed by atoms with E-state index < -0.39 is 43.7 Å². The first-order chi connectivity index (χ1) is 9.15. The van der Waals surface area contributed by atoms with E-state index in [1.165, 1.54) is 0 Å². The Balaban J connectivity index is 5.27. The normalized spacial score (nSPS) is 16.4. The maximum Gasteiger partial charge on any atom is 0.462 e. The summed E-state index contributed by atoms with van der Waals surface area (Å²) in [7, 11) is 0. The van der Waals surface area contributed by atoms with E-state index >= 15 is 0 Å². The minimum absolute atomic E-state index is 0.0839. The molecule has 0 aromatic carbocycles. The molecule has 0 aliphatic heterocycles. The average molecular weight is 339 g/mol. The largest absolute Gasteiger partial charge is 0.462 e. The van der Waals surface area contributed by atoms with E-state index in [4.69, 9.17) is 0 Å². The summed E-state index contributed by atoms with van der Waals surface area (Å²) in [6.45, 7) is 0.947. The van der Waals surface area contributed by atoms with Gasteiger partial charge in [-0.3, -0.25) is 4.74 Å². The van der Waals surface area contributed by atoms with Crippen molar-refractivity contribution in [3.8, 4) is 0 Å². The van der Waals surface area contributed by atoms with Crippen LogP contribution in [0.25, 0.3) is 0 Å². The number of ether oxygens (including phenoxy) is 1. The monoisotopic (exact) mass is 339 g/mol. The number of alkyl halides is 10. The molecular weight excluding hydrogens is 328 g/mol. The molecule has 12 heteroatoms. The Kier molecular flexibility index (Phi) is 5.92. The highest BCUT2D eigenvalue weighted by Crippen LogP contribution is 2.48. The average Bonchev–Trinajstić information content (AvgIpc) is 2.27. The van der Waals surface area contributed by atoms with Gasteiger partial charge >= 0.3 is 24.3 Å². The predicted octanol–water partition coefficient (Wildman–Crippen LogP) is 4.02. The van der Waals surface area contributed by atoms with Gasteiger partial charge in [0.1, 0.15) is 0 Å². The fourth-order valence-corrected chi connectivity index (χ4v) is 1.23. The molecule has 0 amide bonds. The SMILES string of the molecule is CCN(CC)C(F)(F)C(F)OC(F)(F)C(F)(F)C(F)(F)F. The van der Waals surface area contributed by atoms with Crippen LogP contribution in [0.5, 0.6) is 0 Å². The van der Waals surface area contributed by atoms with E-state index in [0.717, 1.165) is 13.8 Å². The van der Waals surface area contributed by atoms with Crippen LogP contribution in [0.1, 0.15) is 13.8 Å². The van der Waals surface area contributed by atoms with Crippen LogP contribution in [0, 0.1) is 0 Å². The van der Waals surface area contributed by atoms with Crippen LogP contribution in [0.4, 0.5) is 43.9 Å². The first-order valence-electron chi connectivity index (χ1n) is 5.42. The highest BCUT2D eigenvalue weighted by Gasteiger charge is 2.76. The lowest BCUT2D eigenvalue weighted by Crippen LogP contribution is -2.58. The number of likely N-dealkylation sites (N-methyl/N-ethyl adjacent to an activating group) is 1. The van der Waals surface area contributed by atoms with Gasteiger partial charge in [0.15, 0.2) is 0 Å². The third-order valence-corrected chi connectivity index (χ3v) is 2.43. The highest BCUT2D eigenvalue weighted by molar-refractivity contribution is 4.86. The van der Waals surface area contributed by atoms with Crippen molar-refractivity contribution < 1.29 is 48.6 Å². The van der Waals surface area contributed by atoms with Gasteiger partial charge in [0, 0.05) is 13.1 Å². The summed E-state index contributed by atoms with van der Waals surface area (Å²) in [4.78, 5) is -0.0839. The minimum atomic E-state index is -6.83. The van der Waals surface area contributed by atoms with Gasteiger partial charge in [0.2, 0.25) is 0 Å². The first-order valence-corrected chi connectivity index (χ1v) is 5.42. The van der Waals surface area contributed by atoms with Gasteiger partial charge in [-0.2, -0.15) is 39.5 Å². The van der Waals surface area contributed by atoms with E-state index in [-0.39, 0.29) is 4.90 Å². The topological polar surface area (TPSA) is 12.5 Å². The Morgan fingerprint density at radius 2 is 1.24 bits per heavy atom. The van der Waals surface area contributed by atoms with Crippen molar-refractivity contribution in [2.75, 3.05) is 13.1 Å². The summed E-state index contributed by atoms with van der Waals surface area (Å²) in [6.07, 6.45) is -17.7. The molecule has 128 valence electrons. The van der Waals surface area contributed by atoms with Gasteiger partial charge < -0.3 is 0 Å². The van der Waals surface area contributed by atoms with Crippen molar-refractivity contribution in [1.29, 1.82) is 0 Å². The van der Waals surface area contributed by atoms with Crippen LogP contribution in [0.2, 0.25) is 0 Å². The lowest BCUT2D eigenvalue weighted by molar-refractivity contribution is -0.456. The molecule has 0 aromatic heterocycles. The summed E-state index contributed by atoms with van der Waals surface area (Å²) in [5.41, 5.74) is 0. The Morgan fingerprint density at radius 1 is 0.857 bits per heavy atom. The van der Waals surface area contributed by atoms with Crippen LogP contribution < -0.4 is 0 Å². The molecule has 1 unspecified atom stereocenters. The van der Waals surface area contributed by atoms with E-state index in [9.17, 15) is 43.9 Å². The number of hydrogen-bond donors (Lipinski definition) is 0. The third-order valence-electron chi connectivity index (χ3n) is 2.43. The Labute approximate surface area is 112 Å². The molecule has 2 nitrogen and oxygen atoms in total. The summed E-state index contributed by atoms with van der Waals surface area (Å²) >= 11 is 0. The number of hydrogen-bond acceptors (Lipinski definition) is 2. The van der Waals surface area contributed by atoms with Crippen molar-refractivity contribution in [3.63, 3.8) is 0 Å². The molecule has 0 radical (unpaired) electrons. The molecule has 0 heterocycles. The summed E-state index contributed by atoms with van der Waals surface area (Å²) in [5.74, 6) is -6.83. The smallest absolute Gasteiger partial charge is 0.273 e. The number of halogens is 10. The van der Waals surface area contributed by atoms with E-state index in [0.29, 0.717) is 0 Å². The first kappa shape index (κ1) is 20.2. The second kappa shape index (κ2) is 6.15. The van der Waals surface area contributed by atoms with Gasteiger partial charge in [-0.05, 0) is 0 Å². The lowest BCUT2D eigenvalue weighted by atomic mass is 10.3. The second-order valence-corrected chi connectivity index (χ2v) is 3.78. The molecule has 0 rings (SSSR count). The zero-order chi connectivity index (χ0) is 17.3. The molecule has 0 saturated heterocycles. The van der Waals surface area contributed by atoms with Gasteiger partial charge in [0.25, 0.3) is 6.36 Å². The Morgan fingerprint density at radius 3 is 1.52 bits per heavy atom. The van der Waals surface area contributed by atoms with Gasteiger partial charge in [-0.15, -0.1) is 0 Å². The van der Waals surface area contributed by atoms with Crippen LogP contribution in [0.3, 0.4) is 0 Å². The van der Waals surface area contributed by atoms with E-state index in [1.54, 1.807) is 0 Å². The number of nitrogens with zero attached hydrogens (tertiary/aromatic N) is 1. The van der Waals surface area contributed by atoms with Crippen LogP contribution in [0.15, 0.2) is 0 Å². The lowest BCUT2D eigenvalue weighted by Gasteiger charge is -2.34. The van der Waals surface area contributed by atoms with Crippen LogP contribution in [-0.4, -0.2) is 48.6 Å². The molecule has 0 spiro atoms. The molecule has 0 bridgehead atoms. The third kappa shape index (κ3) is 3.90. The minimum Gasteiger partial charge on any atom is -0.273 e. The standard InChI is InChI=1S/C9H11F10NO/c1-3-20(4-2)6(11,12)5(10)21-9(18,19)7(13,14)8(15,16)17/h5H,3-4H2,1-2H3. The quantitative estimate of drug-likeness (QED) is 0.513.